The van der Waals surface area contributed by atoms with Crippen LogP contribution < -0.4 is 5.56 Å². The summed E-state index contributed by atoms with van der Waals surface area (Å²) in [5.74, 6) is 0.825. The fourth-order valence-corrected chi connectivity index (χ4v) is 4.41. The molecule has 4 rings (SSSR count). The lowest BCUT2D eigenvalue weighted by Gasteiger charge is -2.29. The van der Waals surface area contributed by atoms with Gasteiger partial charge in [-0.2, -0.15) is 0 Å². The van der Waals surface area contributed by atoms with Gasteiger partial charge in [-0.05, 0) is 74.2 Å². The van der Waals surface area contributed by atoms with Crippen LogP contribution >= 0.6 is 0 Å². The van der Waals surface area contributed by atoms with Crippen LogP contribution in [-0.4, -0.2) is 74.4 Å². The summed E-state index contributed by atoms with van der Waals surface area (Å²) in [5, 5.41) is 13.6. The maximum Gasteiger partial charge on any atom is 0.252 e. The molecule has 1 aromatic carbocycles. The first-order valence-corrected chi connectivity index (χ1v) is 12.3. The van der Waals surface area contributed by atoms with Crippen LogP contribution in [0.25, 0.3) is 10.9 Å². The molecule has 0 amide bonds. The smallest absolute Gasteiger partial charge is 0.252 e. The van der Waals surface area contributed by atoms with Gasteiger partial charge in [0, 0.05) is 37.3 Å². The Labute approximate surface area is 201 Å². The number of pyridine rings is 1. The quantitative estimate of drug-likeness (QED) is 0.490. The van der Waals surface area contributed by atoms with Crippen molar-refractivity contribution in [3.8, 4) is 0 Å². The lowest BCUT2D eigenvalue weighted by Crippen LogP contribution is -2.38. The van der Waals surface area contributed by atoms with E-state index in [2.05, 4.69) is 64.1 Å². The van der Waals surface area contributed by atoms with Gasteiger partial charge in [0.15, 0.2) is 5.82 Å². The third kappa shape index (κ3) is 5.89. The minimum atomic E-state index is -0.170. The van der Waals surface area contributed by atoms with Crippen LogP contribution in [0.2, 0.25) is 0 Å². The van der Waals surface area contributed by atoms with Gasteiger partial charge in [0.2, 0.25) is 0 Å². The molecular weight excluding hydrogens is 430 g/mol. The molecule has 0 unspecified atom stereocenters. The van der Waals surface area contributed by atoms with E-state index in [-0.39, 0.29) is 11.1 Å². The van der Waals surface area contributed by atoms with Crippen molar-refractivity contribution in [2.24, 2.45) is 0 Å². The molecule has 34 heavy (non-hydrogen) atoms. The molecule has 0 aliphatic carbocycles. The number of hydrogen-bond donors (Lipinski definition) is 1. The van der Waals surface area contributed by atoms with Crippen LogP contribution in [0.15, 0.2) is 29.1 Å². The largest absolute Gasteiger partial charge is 0.379 e. The van der Waals surface area contributed by atoms with Crippen molar-refractivity contribution in [3.05, 3.63) is 51.6 Å². The standard InChI is InChI=1S/C25H37N7O2/c1-5-25(3,4)32-23(27-28-29-32)18-31(10-6-9-30-11-13-34-14-12-30)17-21-16-20-15-19(2)7-8-22(20)26-24(21)33/h7-8,15-16H,5-6,9-14,17-18H2,1-4H3,(H,26,33). The van der Waals surface area contributed by atoms with Crippen molar-refractivity contribution < 1.29 is 4.74 Å². The number of H-pyrrole nitrogens is 1. The summed E-state index contributed by atoms with van der Waals surface area (Å²) in [6.45, 7) is 15.1. The molecule has 1 N–H and O–H groups in total. The Morgan fingerprint density at radius 2 is 1.97 bits per heavy atom. The fraction of sp³-hybridized carbons (Fsp3) is 0.600. The van der Waals surface area contributed by atoms with E-state index in [4.69, 9.17) is 4.74 Å². The maximum atomic E-state index is 12.9. The summed E-state index contributed by atoms with van der Waals surface area (Å²) in [6, 6.07) is 8.12. The molecule has 1 aliphatic heterocycles. The number of nitrogens with zero attached hydrogens (tertiary/aromatic N) is 6. The molecule has 0 spiro atoms. The summed E-state index contributed by atoms with van der Waals surface area (Å²) in [4.78, 5) is 20.7. The first-order chi connectivity index (χ1) is 16.4. The number of tetrazole rings is 1. The van der Waals surface area contributed by atoms with Crippen molar-refractivity contribution in [1.29, 1.82) is 0 Å². The Kier molecular flexibility index (Phi) is 7.75. The Hall–Kier alpha value is -2.62. The first-order valence-electron chi connectivity index (χ1n) is 12.3. The van der Waals surface area contributed by atoms with Crippen molar-refractivity contribution in [1.82, 2.24) is 35.0 Å². The monoisotopic (exact) mass is 467 g/mol. The van der Waals surface area contributed by atoms with Gasteiger partial charge in [-0.3, -0.25) is 14.6 Å². The Morgan fingerprint density at radius 1 is 1.18 bits per heavy atom. The van der Waals surface area contributed by atoms with Crippen LogP contribution in [0.3, 0.4) is 0 Å². The predicted molar refractivity (Wildman–Crippen MR) is 133 cm³/mol. The van der Waals surface area contributed by atoms with Gasteiger partial charge in [-0.1, -0.05) is 18.6 Å². The maximum absolute atomic E-state index is 12.9. The highest BCUT2D eigenvalue weighted by Crippen LogP contribution is 2.20. The number of ether oxygens (including phenoxy) is 1. The van der Waals surface area contributed by atoms with Crippen molar-refractivity contribution in [3.63, 3.8) is 0 Å². The predicted octanol–water partition coefficient (Wildman–Crippen LogP) is 2.69. The van der Waals surface area contributed by atoms with Gasteiger partial charge in [-0.15, -0.1) is 5.10 Å². The molecular formula is C25H37N7O2. The summed E-state index contributed by atoms with van der Waals surface area (Å²) in [5.41, 5.74) is 2.60. The lowest BCUT2D eigenvalue weighted by molar-refractivity contribution is 0.0358. The number of fused-ring (bicyclic) bond motifs is 1. The molecule has 1 fully saturated rings. The molecule has 0 bridgehead atoms. The average Bonchev–Trinajstić information content (AvgIpc) is 3.29. The van der Waals surface area contributed by atoms with Gasteiger partial charge in [-0.25, -0.2) is 4.68 Å². The number of aromatic amines is 1. The summed E-state index contributed by atoms with van der Waals surface area (Å²) in [7, 11) is 0. The van der Waals surface area contributed by atoms with Crippen LogP contribution in [0.1, 0.15) is 50.6 Å². The number of benzene rings is 1. The van der Waals surface area contributed by atoms with Crippen molar-refractivity contribution in [2.45, 2.75) is 59.2 Å². The van der Waals surface area contributed by atoms with Gasteiger partial charge < -0.3 is 9.72 Å². The number of aromatic nitrogens is 5. The van der Waals surface area contributed by atoms with Crippen LogP contribution in [0.4, 0.5) is 0 Å². The van der Waals surface area contributed by atoms with E-state index >= 15 is 0 Å². The van der Waals surface area contributed by atoms with Gasteiger partial charge in [0.05, 0.1) is 25.3 Å². The summed E-state index contributed by atoms with van der Waals surface area (Å²) < 4.78 is 7.40. The summed E-state index contributed by atoms with van der Waals surface area (Å²) >= 11 is 0. The van der Waals surface area contributed by atoms with Crippen molar-refractivity contribution in [2.75, 3.05) is 39.4 Å². The Morgan fingerprint density at radius 3 is 2.74 bits per heavy atom. The molecule has 0 atom stereocenters. The molecule has 2 aromatic heterocycles. The molecule has 184 valence electrons. The number of rotatable bonds is 10. The Balaban J connectivity index is 1.55. The van der Waals surface area contributed by atoms with E-state index in [0.29, 0.717) is 13.1 Å². The zero-order valence-corrected chi connectivity index (χ0v) is 20.9. The lowest BCUT2D eigenvalue weighted by atomic mass is 10.0. The Bertz CT molecular complexity index is 1150. The minimum absolute atomic E-state index is 0.0389. The first kappa shape index (κ1) is 24.5. The zero-order valence-electron chi connectivity index (χ0n) is 20.9. The summed E-state index contributed by atoms with van der Waals surface area (Å²) in [6.07, 6.45) is 1.93. The van der Waals surface area contributed by atoms with Gasteiger partial charge in [0.1, 0.15) is 0 Å². The SMILES string of the molecule is CCC(C)(C)n1nnnc1CN(CCCN1CCOCC1)Cc1cc2cc(C)ccc2[nH]c1=O. The topological polar surface area (TPSA) is 92.2 Å². The van der Waals surface area contributed by atoms with Crippen LogP contribution in [0, 0.1) is 6.92 Å². The number of aryl methyl sites for hydroxylation is 1. The second kappa shape index (κ2) is 10.8. The molecule has 1 saturated heterocycles. The second-order valence-electron chi connectivity index (χ2n) is 9.91. The van der Waals surface area contributed by atoms with Gasteiger partial charge in [0.25, 0.3) is 5.56 Å². The number of nitrogens with one attached hydrogen (secondary N) is 1. The van der Waals surface area contributed by atoms with E-state index in [1.807, 2.05) is 22.9 Å². The van der Waals surface area contributed by atoms with E-state index in [1.165, 1.54) is 5.56 Å². The van der Waals surface area contributed by atoms with Crippen LogP contribution in [0.5, 0.6) is 0 Å². The van der Waals surface area contributed by atoms with E-state index in [1.54, 1.807) is 0 Å². The van der Waals surface area contributed by atoms with Crippen LogP contribution in [-0.2, 0) is 23.4 Å². The average molecular weight is 468 g/mol. The third-order valence-electron chi connectivity index (χ3n) is 6.86. The molecule has 9 nitrogen and oxygen atoms in total. The molecule has 1 aliphatic rings. The highest BCUT2D eigenvalue weighted by atomic mass is 16.5. The van der Waals surface area contributed by atoms with E-state index in [9.17, 15) is 4.79 Å². The molecule has 9 heteroatoms. The fourth-order valence-electron chi connectivity index (χ4n) is 4.41. The minimum Gasteiger partial charge on any atom is -0.379 e. The zero-order chi connectivity index (χ0) is 24.1. The molecule has 0 saturated carbocycles. The second-order valence-corrected chi connectivity index (χ2v) is 9.91. The highest BCUT2D eigenvalue weighted by molar-refractivity contribution is 5.79. The molecule has 0 radical (unpaired) electrons. The number of hydrogen-bond acceptors (Lipinski definition) is 7. The van der Waals surface area contributed by atoms with E-state index < -0.39 is 0 Å². The normalized spacial score (nSPS) is 15.4. The third-order valence-corrected chi connectivity index (χ3v) is 6.86. The van der Waals surface area contributed by atoms with Gasteiger partial charge >= 0.3 is 0 Å². The number of morpholine rings is 1. The van der Waals surface area contributed by atoms with Crippen molar-refractivity contribution >= 4 is 10.9 Å². The van der Waals surface area contributed by atoms with E-state index in [0.717, 1.165) is 74.5 Å². The molecule has 3 heterocycles. The molecule has 3 aromatic rings. The highest BCUT2D eigenvalue weighted by Gasteiger charge is 2.25.